The van der Waals surface area contributed by atoms with Crippen LogP contribution in [0.15, 0.2) is 6.07 Å². The van der Waals surface area contributed by atoms with E-state index in [9.17, 15) is 9.59 Å². The lowest BCUT2D eigenvalue weighted by molar-refractivity contribution is -0.117. The summed E-state index contributed by atoms with van der Waals surface area (Å²) in [6, 6.07) is 1.80. The van der Waals surface area contributed by atoms with Gasteiger partial charge in [-0.15, -0.1) is 11.3 Å². The molecule has 0 aliphatic carbocycles. The molecule has 1 fully saturated rings. The molecule has 1 aromatic rings. The summed E-state index contributed by atoms with van der Waals surface area (Å²) in [5.41, 5.74) is 0.443. The van der Waals surface area contributed by atoms with Crippen LogP contribution in [0.2, 0.25) is 0 Å². The number of carbonyl (C=O) groups excluding carboxylic acids is 2. The maximum absolute atomic E-state index is 12.3. The fourth-order valence-corrected chi connectivity index (χ4v) is 3.60. The van der Waals surface area contributed by atoms with Gasteiger partial charge in [-0.3, -0.25) is 9.69 Å². The molecule has 1 amide bonds. The number of rotatable bonds is 6. The van der Waals surface area contributed by atoms with Crippen molar-refractivity contribution < 1.29 is 14.3 Å². The van der Waals surface area contributed by atoms with Crippen molar-refractivity contribution in [3.05, 3.63) is 16.5 Å². The number of thiophene rings is 1. The summed E-state index contributed by atoms with van der Waals surface area (Å²) in [7, 11) is 1.35. The normalized spacial score (nSPS) is 16.3. The number of anilines is 1. The largest absolute Gasteiger partial charge is 0.465 e. The first-order valence-electron chi connectivity index (χ1n) is 8.02. The van der Waals surface area contributed by atoms with Crippen LogP contribution >= 0.6 is 11.3 Å². The van der Waals surface area contributed by atoms with Crippen LogP contribution in [-0.4, -0.2) is 68.1 Å². The fraction of sp³-hybridized carbons (Fsp3) is 0.625. The SMILES string of the molecule is CCc1cc(C(=O)OC)c(NC(=O)CN2CCN(CC)CC2)s1. The summed E-state index contributed by atoms with van der Waals surface area (Å²) in [4.78, 5) is 29.7. The summed E-state index contributed by atoms with van der Waals surface area (Å²) >= 11 is 1.44. The average molecular weight is 339 g/mol. The maximum Gasteiger partial charge on any atom is 0.340 e. The van der Waals surface area contributed by atoms with Gasteiger partial charge in [0, 0.05) is 31.1 Å². The smallest absolute Gasteiger partial charge is 0.340 e. The minimum absolute atomic E-state index is 0.0791. The number of amides is 1. The Hall–Kier alpha value is -1.44. The Balaban J connectivity index is 1.95. The Morgan fingerprint density at radius 2 is 1.87 bits per heavy atom. The van der Waals surface area contributed by atoms with Gasteiger partial charge in [-0.05, 0) is 19.0 Å². The molecular weight excluding hydrogens is 314 g/mol. The molecule has 0 unspecified atom stereocenters. The second-order valence-electron chi connectivity index (χ2n) is 5.56. The van der Waals surface area contributed by atoms with Crippen LogP contribution in [0.25, 0.3) is 0 Å². The molecule has 0 radical (unpaired) electrons. The molecule has 0 aromatic carbocycles. The quantitative estimate of drug-likeness (QED) is 0.799. The van der Waals surface area contributed by atoms with Crippen molar-refractivity contribution in [2.75, 3.05) is 51.7 Å². The molecule has 2 rings (SSSR count). The van der Waals surface area contributed by atoms with E-state index in [-0.39, 0.29) is 5.91 Å². The Labute approximate surface area is 141 Å². The van der Waals surface area contributed by atoms with E-state index in [1.807, 2.05) is 6.92 Å². The predicted molar refractivity (Wildman–Crippen MR) is 92.2 cm³/mol. The molecule has 1 N–H and O–H groups in total. The van der Waals surface area contributed by atoms with E-state index in [2.05, 4.69) is 22.0 Å². The molecule has 128 valence electrons. The topological polar surface area (TPSA) is 61.9 Å². The standard InChI is InChI=1S/C16H25N3O3S/c1-4-12-10-13(16(21)22-3)15(23-12)17-14(20)11-19-8-6-18(5-2)7-9-19/h10H,4-9,11H2,1-3H3,(H,17,20). The summed E-state index contributed by atoms with van der Waals surface area (Å²) in [5.74, 6) is -0.489. The summed E-state index contributed by atoms with van der Waals surface area (Å²) in [6.07, 6.45) is 0.823. The van der Waals surface area contributed by atoms with Gasteiger partial charge in [0.25, 0.3) is 0 Å². The number of aryl methyl sites for hydroxylation is 1. The molecule has 0 saturated carbocycles. The highest BCUT2D eigenvalue weighted by Gasteiger charge is 2.21. The van der Waals surface area contributed by atoms with Crippen LogP contribution in [-0.2, 0) is 16.0 Å². The molecular formula is C16H25N3O3S. The van der Waals surface area contributed by atoms with Crippen molar-refractivity contribution in [3.63, 3.8) is 0 Å². The number of esters is 1. The van der Waals surface area contributed by atoms with Gasteiger partial charge in [-0.1, -0.05) is 13.8 Å². The van der Waals surface area contributed by atoms with Crippen LogP contribution in [0.1, 0.15) is 29.1 Å². The van der Waals surface area contributed by atoms with E-state index < -0.39 is 5.97 Å². The third kappa shape index (κ3) is 4.76. The number of likely N-dealkylation sites (N-methyl/N-ethyl adjacent to an activating group) is 1. The van der Waals surface area contributed by atoms with E-state index in [0.29, 0.717) is 17.1 Å². The number of carbonyl (C=O) groups is 2. The highest BCUT2D eigenvalue weighted by atomic mass is 32.1. The zero-order chi connectivity index (χ0) is 16.8. The third-order valence-electron chi connectivity index (χ3n) is 4.07. The number of methoxy groups -OCH3 is 1. The van der Waals surface area contributed by atoms with Crippen LogP contribution in [0.5, 0.6) is 0 Å². The number of piperazine rings is 1. The van der Waals surface area contributed by atoms with Gasteiger partial charge in [0.05, 0.1) is 19.2 Å². The van der Waals surface area contributed by atoms with Crippen LogP contribution < -0.4 is 5.32 Å². The third-order valence-corrected chi connectivity index (χ3v) is 5.26. The Morgan fingerprint density at radius 1 is 1.22 bits per heavy atom. The molecule has 7 heteroatoms. The van der Waals surface area contributed by atoms with E-state index in [0.717, 1.165) is 44.0 Å². The van der Waals surface area contributed by atoms with Gasteiger partial charge in [-0.25, -0.2) is 4.79 Å². The maximum atomic E-state index is 12.3. The van der Waals surface area contributed by atoms with Crippen molar-refractivity contribution in [2.45, 2.75) is 20.3 Å². The molecule has 1 saturated heterocycles. The molecule has 0 atom stereocenters. The van der Waals surface area contributed by atoms with Gasteiger partial charge < -0.3 is 15.0 Å². The van der Waals surface area contributed by atoms with E-state index in [1.54, 1.807) is 6.07 Å². The lowest BCUT2D eigenvalue weighted by atomic mass is 10.2. The average Bonchev–Trinajstić information content (AvgIpc) is 2.97. The van der Waals surface area contributed by atoms with Crippen molar-refractivity contribution in [1.29, 1.82) is 0 Å². The van der Waals surface area contributed by atoms with Gasteiger partial charge >= 0.3 is 5.97 Å². The molecule has 6 nitrogen and oxygen atoms in total. The molecule has 1 aliphatic rings. The molecule has 2 heterocycles. The Kier molecular flexibility index (Phi) is 6.56. The van der Waals surface area contributed by atoms with Crippen LogP contribution in [0.3, 0.4) is 0 Å². The number of hydrogen-bond donors (Lipinski definition) is 1. The minimum atomic E-state index is -0.409. The molecule has 0 bridgehead atoms. The number of nitrogens with zero attached hydrogens (tertiary/aromatic N) is 2. The van der Waals surface area contributed by atoms with Gasteiger partial charge in [-0.2, -0.15) is 0 Å². The molecule has 23 heavy (non-hydrogen) atoms. The highest BCUT2D eigenvalue weighted by Crippen LogP contribution is 2.29. The zero-order valence-electron chi connectivity index (χ0n) is 14.1. The van der Waals surface area contributed by atoms with Gasteiger partial charge in [0.1, 0.15) is 5.00 Å². The first kappa shape index (κ1) is 17.9. The highest BCUT2D eigenvalue weighted by molar-refractivity contribution is 7.16. The Bertz CT molecular complexity index is 551. The zero-order valence-corrected chi connectivity index (χ0v) is 14.9. The number of ether oxygens (including phenoxy) is 1. The minimum Gasteiger partial charge on any atom is -0.465 e. The predicted octanol–water partition coefficient (Wildman–Crippen LogP) is 1.67. The lowest BCUT2D eigenvalue weighted by Crippen LogP contribution is -2.48. The lowest BCUT2D eigenvalue weighted by Gasteiger charge is -2.33. The summed E-state index contributed by atoms with van der Waals surface area (Å²) < 4.78 is 4.79. The first-order valence-corrected chi connectivity index (χ1v) is 8.84. The van der Waals surface area contributed by atoms with E-state index in [1.165, 1.54) is 18.4 Å². The molecule has 1 aliphatic heterocycles. The summed E-state index contributed by atoms with van der Waals surface area (Å²) in [5, 5.41) is 3.47. The van der Waals surface area contributed by atoms with E-state index in [4.69, 9.17) is 4.74 Å². The fourth-order valence-electron chi connectivity index (χ4n) is 2.60. The van der Waals surface area contributed by atoms with Crippen molar-refractivity contribution >= 4 is 28.2 Å². The monoisotopic (exact) mass is 339 g/mol. The van der Waals surface area contributed by atoms with Crippen molar-refractivity contribution in [3.8, 4) is 0 Å². The van der Waals surface area contributed by atoms with Gasteiger partial charge in [0.2, 0.25) is 5.91 Å². The van der Waals surface area contributed by atoms with Crippen molar-refractivity contribution in [2.24, 2.45) is 0 Å². The van der Waals surface area contributed by atoms with Gasteiger partial charge in [0.15, 0.2) is 0 Å². The van der Waals surface area contributed by atoms with Crippen LogP contribution in [0, 0.1) is 0 Å². The van der Waals surface area contributed by atoms with Crippen molar-refractivity contribution in [1.82, 2.24) is 9.80 Å². The van der Waals surface area contributed by atoms with E-state index >= 15 is 0 Å². The Morgan fingerprint density at radius 3 is 2.43 bits per heavy atom. The summed E-state index contributed by atoms with van der Waals surface area (Å²) in [6.45, 7) is 9.37. The van der Waals surface area contributed by atoms with Crippen LogP contribution in [0.4, 0.5) is 5.00 Å². The molecule has 0 spiro atoms. The number of hydrogen-bond acceptors (Lipinski definition) is 6. The second-order valence-corrected chi connectivity index (χ2v) is 6.70. The number of nitrogens with one attached hydrogen (secondary N) is 1. The first-order chi connectivity index (χ1) is 11.1. The molecule has 1 aromatic heterocycles. The second kappa shape index (κ2) is 8.42.